The van der Waals surface area contributed by atoms with Crippen LogP contribution < -0.4 is 15.4 Å². The summed E-state index contributed by atoms with van der Waals surface area (Å²) < 4.78 is 5.40. The Hall–Kier alpha value is -3.48. The zero-order chi connectivity index (χ0) is 29.7. The Morgan fingerprint density at radius 3 is 2.55 bits per heavy atom. The van der Waals surface area contributed by atoms with Gasteiger partial charge in [-0.2, -0.15) is 10.4 Å². The van der Waals surface area contributed by atoms with E-state index in [1.165, 1.54) is 12.8 Å². The Balaban J connectivity index is 0.000000362. The number of methoxy groups -OCH3 is 1. The molecule has 1 aromatic carbocycles. The monoisotopic (exact) mass is 582 g/mol. The van der Waals surface area contributed by atoms with Crippen molar-refractivity contribution in [1.82, 2.24) is 20.6 Å². The van der Waals surface area contributed by atoms with Gasteiger partial charge in [-0.1, -0.05) is 69.3 Å². The largest absolute Gasteiger partial charge is 0.494 e. The number of dihydropyridines is 1. The molecule has 5 rings (SSSR count). The topological polar surface area (TPSA) is 103 Å². The molecule has 1 fully saturated rings. The molecule has 2 N–H and O–H groups in total. The summed E-state index contributed by atoms with van der Waals surface area (Å²) in [5.41, 5.74) is 3.90. The van der Waals surface area contributed by atoms with Gasteiger partial charge in [0, 0.05) is 24.7 Å². The number of benzene rings is 1. The molecule has 1 aliphatic carbocycles. The summed E-state index contributed by atoms with van der Waals surface area (Å²) in [6.45, 7) is 10.4. The number of halogens is 1. The molecule has 10 heteroatoms. The van der Waals surface area contributed by atoms with E-state index in [2.05, 4.69) is 26.8 Å². The number of carbonyl (C=O) groups excluding carboxylic acids is 1. The molecule has 1 amide bonds. The van der Waals surface area contributed by atoms with Gasteiger partial charge in [-0.15, -0.1) is 0 Å². The Bertz CT molecular complexity index is 1280. The fourth-order valence-electron chi connectivity index (χ4n) is 3.88. The molecule has 40 heavy (non-hydrogen) atoms. The van der Waals surface area contributed by atoms with E-state index < -0.39 is 0 Å². The number of nitrogens with one attached hydrogen (secondary N) is 2. The molecule has 1 saturated carbocycles. The summed E-state index contributed by atoms with van der Waals surface area (Å²) in [4.78, 5) is 17.0. The summed E-state index contributed by atoms with van der Waals surface area (Å²) in [5.74, 6) is 1.03. The molecule has 0 radical (unpaired) electrons. The van der Waals surface area contributed by atoms with E-state index in [0.29, 0.717) is 39.5 Å². The maximum atomic E-state index is 13.0. The number of hydrazone groups is 1. The van der Waals surface area contributed by atoms with E-state index >= 15 is 0 Å². The Kier molecular flexibility index (Phi) is 13.6. The molecule has 1 atom stereocenters. The number of amides is 1. The van der Waals surface area contributed by atoms with Crippen LogP contribution in [0.1, 0.15) is 57.2 Å². The van der Waals surface area contributed by atoms with E-state index in [0.717, 1.165) is 22.3 Å². The van der Waals surface area contributed by atoms with Gasteiger partial charge in [0.05, 0.1) is 24.9 Å². The smallest absolute Gasteiger partial charge is 0.257 e. The van der Waals surface area contributed by atoms with E-state index in [9.17, 15) is 4.79 Å². The van der Waals surface area contributed by atoms with Gasteiger partial charge in [0.1, 0.15) is 16.3 Å². The van der Waals surface area contributed by atoms with Crippen LogP contribution in [-0.2, 0) is 4.79 Å². The van der Waals surface area contributed by atoms with Gasteiger partial charge in [-0.05, 0) is 61.2 Å². The normalized spacial score (nSPS) is 16.9. The minimum atomic E-state index is -0.200. The van der Waals surface area contributed by atoms with Crippen LogP contribution in [-0.4, -0.2) is 47.1 Å². The van der Waals surface area contributed by atoms with E-state index in [1.807, 2.05) is 70.9 Å². The first-order valence-electron chi connectivity index (χ1n) is 13.5. The van der Waals surface area contributed by atoms with Crippen LogP contribution in [0.5, 0.6) is 5.75 Å². The van der Waals surface area contributed by atoms with Gasteiger partial charge >= 0.3 is 0 Å². The van der Waals surface area contributed by atoms with Crippen molar-refractivity contribution < 1.29 is 9.53 Å². The molecule has 0 saturated heterocycles. The van der Waals surface area contributed by atoms with Crippen LogP contribution in [0, 0.1) is 24.2 Å². The standard InChI is InChI=1S/C18H20ClN5O2S.C8H7N.2C2H6/c1-24-17(10-3-4-10)27-18(23-24)22-16(25)11-5-6-20-8-13(11)12-7-15(19)21-9-14(12)26-2;1-7-4-2-3-5-8(7)6-9;2*1-2/h5-7,9-10,17,20H,3-4,8H2,1-2H3,(H,22,23,25);2-5H,1H3;2*1-2H3. The molecule has 0 spiro atoms. The summed E-state index contributed by atoms with van der Waals surface area (Å²) in [5, 5.41) is 22.3. The van der Waals surface area contributed by atoms with Gasteiger partial charge in [-0.25, -0.2) is 4.98 Å². The summed E-state index contributed by atoms with van der Waals surface area (Å²) in [7, 11) is 3.52. The SMILES string of the molecule is CC.CC.COc1cnc(Cl)cc1C1=C(C(=O)NC2=NN(C)C(C3CC3)S2)C=CNC1.Cc1ccccc1C#N. The maximum absolute atomic E-state index is 13.0. The van der Waals surface area contributed by atoms with E-state index in [-0.39, 0.29) is 5.91 Å². The lowest BCUT2D eigenvalue weighted by atomic mass is 9.97. The number of carbonyl (C=O) groups is 1. The number of ether oxygens (including phenoxy) is 1. The molecule has 3 aliphatic rings. The Morgan fingerprint density at radius 2 is 1.95 bits per heavy atom. The highest BCUT2D eigenvalue weighted by Gasteiger charge is 2.39. The highest BCUT2D eigenvalue weighted by molar-refractivity contribution is 8.14. The third-order valence-electron chi connectivity index (χ3n) is 5.96. The van der Waals surface area contributed by atoms with Crippen LogP contribution >= 0.6 is 23.4 Å². The van der Waals surface area contributed by atoms with Crippen LogP contribution in [0.3, 0.4) is 0 Å². The lowest BCUT2D eigenvalue weighted by Gasteiger charge is -2.19. The number of aromatic nitrogens is 1. The first-order chi connectivity index (χ1) is 19.4. The van der Waals surface area contributed by atoms with E-state index in [1.54, 1.807) is 43.4 Å². The fourth-order valence-corrected chi connectivity index (χ4v) is 5.26. The van der Waals surface area contributed by atoms with Crippen molar-refractivity contribution in [2.45, 2.75) is 52.8 Å². The summed E-state index contributed by atoms with van der Waals surface area (Å²) in [6, 6.07) is 11.3. The van der Waals surface area contributed by atoms with Crippen molar-refractivity contribution in [3.05, 3.63) is 76.2 Å². The number of hydrogen-bond acceptors (Lipinski definition) is 8. The second kappa shape index (κ2) is 16.6. The molecule has 0 bridgehead atoms. The third-order valence-corrected chi connectivity index (χ3v) is 7.50. The van der Waals surface area contributed by atoms with Crippen molar-refractivity contribution in [2.75, 3.05) is 20.7 Å². The highest BCUT2D eigenvalue weighted by Crippen LogP contribution is 2.43. The molecule has 214 valence electrons. The van der Waals surface area contributed by atoms with Crippen LogP contribution in [0.2, 0.25) is 5.15 Å². The number of rotatable bonds is 4. The molecular weight excluding hydrogens is 544 g/mol. The number of thioether (sulfide) groups is 1. The predicted octanol–water partition coefficient (Wildman–Crippen LogP) is 6.34. The molecule has 2 aromatic rings. The van der Waals surface area contributed by atoms with Gasteiger partial charge in [-0.3, -0.25) is 15.1 Å². The molecule has 1 aromatic heterocycles. The number of nitriles is 1. The van der Waals surface area contributed by atoms with Gasteiger partial charge in [0.25, 0.3) is 5.91 Å². The van der Waals surface area contributed by atoms with Gasteiger partial charge in [0.2, 0.25) is 0 Å². The lowest BCUT2D eigenvalue weighted by molar-refractivity contribution is -0.115. The summed E-state index contributed by atoms with van der Waals surface area (Å²) >= 11 is 7.68. The van der Waals surface area contributed by atoms with Gasteiger partial charge in [0.15, 0.2) is 5.17 Å². The molecule has 3 heterocycles. The minimum absolute atomic E-state index is 0.200. The van der Waals surface area contributed by atoms with E-state index in [4.69, 9.17) is 21.6 Å². The lowest BCUT2D eigenvalue weighted by Crippen LogP contribution is -2.31. The fraction of sp³-hybridized carbons (Fsp3) is 0.400. The van der Waals surface area contributed by atoms with Crippen LogP contribution in [0.25, 0.3) is 5.57 Å². The third kappa shape index (κ3) is 8.77. The minimum Gasteiger partial charge on any atom is -0.494 e. The van der Waals surface area contributed by atoms with Crippen molar-refractivity contribution in [3.63, 3.8) is 0 Å². The van der Waals surface area contributed by atoms with Crippen LogP contribution in [0.15, 0.2) is 59.5 Å². The number of hydrogen-bond donors (Lipinski definition) is 2. The molecule has 2 aliphatic heterocycles. The Morgan fingerprint density at radius 1 is 1.25 bits per heavy atom. The second-order valence-electron chi connectivity index (χ2n) is 8.52. The maximum Gasteiger partial charge on any atom is 0.257 e. The average molecular weight is 583 g/mol. The number of amidine groups is 1. The number of pyridine rings is 1. The quantitative estimate of drug-likeness (QED) is 0.406. The molecular formula is C30H39ClN6O2S. The Labute approximate surface area is 247 Å². The van der Waals surface area contributed by atoms with Crippen molar-refractivity contribution in [2.24, 2.45) is 11.0 Å². The average Bonchev–Trinajstić information content (AvgIpc) is 3.77. The summed E-state index contributed by atoms with van der Waals surface area (Å²) in [6.07, 6.45) is 7.53. The van der Waals surface area contributed by atoms with Gasteiger partial charge < -0.3 is 10.1 Å². The van der Waals surface area contributed by atoms with Crippen molar-refractivity contribution in [3.8, 4) is 11.8 Å². The molecule has 8 nitrogen and oxygen atoms in total. The number of aryl methyl sites for hydroxylation is 1. The first-order valence-corrected chi connectivity index (χ1v) is 14.7. The zero-order valence-corrected chi connectivity index (χ0v) is 25.9. The first kappa shape index (κ1) is 32.7. The molecule has 1 unspecified atom stereocenters. The van der Waals surface area contributed by atoms with Crippen LogP contribution in [0.4, 0.5) is 0 Å². The van der Waals surface area contributed by atoms with Crippen molar-refractivity contribution >= 4 is 40.0 Å². The second-order valence-corrected chi connectivity index (χ2v) is 10.0. The zero-order valence-electron chi connectivity index (χ0n) is 24.3. The van der Waals surface area contributed by atoms with Crippen molar-refractivity contribution in [1.29, 1.82) is 5.26 Å². The predicted molar refractivity (Wildman–Crippen MR) is 166 cm³/mol. The number of nitrogens with zero attached hydrogens (tertiary/aromatic N) is 4. The highest BCUT2D eigenvalue weighted by atomic mass is 35.5.